The van der Waals surface area contributed by atoms with Gasteiger partial charge < -0.3 is 10.6 Å². The van der Waals surface area contributed by atoms with Crippen molar-refractivity contribution in [2.75, 3.05) is 13.1 Å². The number of hydrogen-bond acceptors (Lipinski definition) is 2. The third-order valence-corrected chi connectivity index (χ3v) is 3.81. The summed E-state index contributed by atoms with van der Waals surface area (Å²) in [4.78, 5) is 14.4. The molecule has 94 valence electrons. The quantitative estimate of drug-likeness (QED) is 0.779. The molecule has 16 heavy (non-hydrogen) atoms. The SMILES string of the molecule is CC(C)C(C)C(=O)N(CCN)C1CCCC1. The molecule has 0 bridgehead atoms. The number of carbonyl (C=O) groups excluding carboxylic acids is 1. The van der Waals surface area contributed by atoms with E-state index >= 15 is 0 Å². The lowest BCUT2D eigenvalue weighted by molar-refractivity contribution is -0.138. The highest BCUT2D eigenvalue weighted by molar-refractivity contribution is 5.79. The molecule has 2 N–H and O–H groups in total. The Morgan fingerprint density at radius 3 is 2.31 bits per heavy atom. The fourth-order valence-electron chi connectivity index (χ4n) is 2.37. The van der Waals surface area contributed by atoms with Crippen molar-refractivity contribution in [3.05, 3.63) is 0 Å². The van der Waals surface area contributed by atoms with Crippen LogP contribution in [0.25, 0.3) is 0 Å². The Morgan fingerprint density at radius 2 is 1.88 bits per heavy atom. The van der Waals surface area contributed by atoms with Crippen LogP contribution in [0.1, 0.15) is 46.5 Å². The van der Waals surface area contributed by atoms with Crippen LogP contribution in [0.5, 0.6) is 0 Å². The van der Waals surface area contributed by atoms with E-state index in [0.29, 0.717) is 24.4 Å². The second kappa shape index (κ2) is 6.24. The first-order valence-corrected chi connectivity index (χ1v) is 6.58. The minimum Gasteiger partial charge on any atom is -0.338 e. The molecule has 1 saturated carbocycles. The molecule has 0 aromatic heterocycles. The summed E-state index contributed by atoms with van der Waals surface area (Å²) < 4.78 is 0. The number of amides is 1. The number of hydrogen-bond donors (Lipinski definition) is 1. The largest absolute Gasteiger partial charge is 0.338 e. The molecule has 1 amide bonds. The van der Waals surface area contributed by atoms with Gasteiger partial charge in [0.25, 0.3) is 0 Å². The van der Waals surface area contributed by atoms with Crippen molar-refractivity contribution in [1.29, 1.82) is 0 Å². The molecule has 3 heteroatoms. The van der Waals surface area contributed by atoms with Crippen molar-refractivity contribution in [2.45, 2.75) is 52.5 Å². The predicted octanol–water partition coefficient (Wildman–Crippen LogP) is 2.01. The van der Waals surface area contributed by atoms with Gasteiger partial charge in [0.2, 0.25) is 5.91 Å². The molecule has 1 aliphatic rings. The van der Waals surface area contributed by atoms with E-state index in [0.717, 1.165) is 19.4 Å². The molecule has 0 aromatic carbocycles. The van der Waals surface area contributed by atoms with E-state index < -0.39 is 0 Å². The molecular weight excluding hydrogens is 200 g/mol. The molecule has 3 nitrogen and oxygen atoms in total. The van der Waals surface area contributed by atoms with Gasteiger partial charge in [0, 0.05) is 25.0 Å². The molecule has 1 aliphatic carbocycles. The third kappa shape index (κ3) is 3.21. The summed E-state index contributed by atoms with van der Waals surface area (Å²) in [5, 5.41) is 0. The van der Waals surface area contributed by atoms with Gasteiger partial charge in [-0.25, -0.2) is 0 Å². The molecule has 0 aliphatic heterocycles. The molecular formula is C13H26N2O. The van der Waals surface area contributed by atoms with Crippen molar-refractivity contribution < 1.29 is 4.79 Å². The molecule has 1 fully saturated rings. The van der Waals surface area contributed by atoms with Gasteiger partial charge in [-0.15, -0.1) is 0 Å². The number of nitrogens with zero attached hydrogens (tertiary/aromatic N) is 1. The van der Waals surface area contributed by atoms with Crippen LogP contribution in [0.2, 0.25) is 0 Å². The summed E-state index contributed by atoms with van der Waals surface area (Å²) in [7, 11) is 0. The van der Waals surface area contributed by atoms with Crippen molar-refractivity contribution in [3.63, 3.8) is 0 Å². The molecule has 1 atom stereocenters. The highest BCUT2D eigenvalue weighted by Crippen LogP contribution is 2.25. The molecule has 1 unspecified atom stereocenters. The average Bonchev–Trinajstić information content (AvgIpc) is 2.76. The van der Waals surface area contributed by atoms with Gasteiger partial charge in [-0.05, 0) is 18.8 Å². The lowest BCUT2D eigenvalue weighted by Gasteiger charge is -2.32. The van der Waals surface area contributed by atoms with Crippen LogP contribution in [-0.4, -0.2) is 29.9 Å². The molecule has 0 radical (unpaired) electrons. The third-order valence-electron chi connectivity index (χ3n) is 3.81. The van der Waals surface area contributed by atoms with Crippen molar-refractivity contribution in [3.8, 4) is 0 Å². The first-order chi connectivity index (χ1) is 7.57. The highest BCUT2D eigenvalue weighted by Gasteiger charge is 2.29. The van der Waals surface area contributed by atoms with E-state index in [4.69, 9.17) is 5.73 Å². The lowest BCUT2D eigenvalue weighted by atomic mass is 9.95. The van der Waals surface area contributed by atoms with E-state index in [2.05, 4.69) is 13.8 Å². The van der Waals surface area contributed by atoms with E-state index in [1.807, 2.05) is 11.8 Å². The highest BCUT2D eigenvalue weighted by atomic mass is 16.2. The van der Waals surface area contributed by atoms with Crippen LogP contribution in [-0.2, 0) is 4.79 Å². The van der Waals surface area contributed by atoms with Crippen molar-refractivity contribution in [2.24, 2.45) is 17.6 Å². The van der Waals surface area contributed by atoms with Gasteiger partial charge in [-0.2, -0.15) is 0 Å². The summed E-state index contributed by atoms with van der Waals surface area (Å²) in [5.74, 6) is 0.827. The monoisotopic (exact) mass is 226 g/mol. The van der Waals surface area contributed by atoms with Crippen LogP contribution < -0.4 is 5.73 Å². The topological polar surface area (TPSA) is 46.3 Å². The minimum absolute atomic E-state index is 0.118. The van der Waals surface area contributed by atoms with Crippen LogP contribution in [0.4, 0.5) is 0 Å². The summed E-state index contributed by atoms with van der Waals surface area (Å²) >= 11 is 0. The van der Waals surface area contributed by atoms with Crippen molar-refractivity contribution >= 4 is 5.91 Å². The second-order valence-electron chi connectivity index (χ2n) is 5.29. The van der Waals surface area contributed by atoms with E-state index in [9.17, 15) is 4.79 Å². The van der Waals surface area contributed by atoms with Crippen molar-refractivity contribution in [1.82, 2.24) is 4.90 Å². The number of nitrogens with two attached hydrogens (primary N) is 1. The summed E-state index contributed by atoms with van der Waals surface area (Å²) in [6.45, 7) is 7.55. The van der Waals surface area contributed by atoms with Crippen LogP contribution in [0.3, 0.4) is 0 Å². The van der Waals surface area contributed by atoms with Gasteiger partial charge in [0.1, 0.15) is 0 Å². The smallest absolute Gasteiger partial charge is 0.225 e. The van der Waals surface area contributed by atoms with E-state index in [-0.39, 0.29) is 5.92 Å². The number of rotatable bonds is 5. The maximum Gasteiger partial charge on any atom is 0.225 e. The predicted molar refractivity (Wildman–Crippen MR) is 67.0 cm³/mol. The summed E-state index contributed by atoms with van der Waals surface area (Å²) in [6.07, 6.45) is 4.84. The number of carbonyl (C=O) groups is 1. The Bertz CT molecular complexity index is 222. The standard InChI is InChI=1S/C13H26N2O/c1-10(2)11(3)13(16)15(9-8-14)12-6-4-5-7-12/h10-12H,4-9,14H2,1-3H3. The van der Waals surface area contributed by atoms with Crippen LogP contribution in [0.15, 0.2) is 0 Å². The lowest BCUT2D eigenvalue weighted by Crippen LogP contribution is -2.45. The molecule has 1 rings (SSSR count). The van der Waals surface area contributed by atoms with Gasteiger partial charge in [0.05, 0.1) is 0 Å². The Labute approximate surface area is 99.4 Å². The fourth-order valence-corrected chi connectivity index (χ4v) is 2.37. The van der Waals surface area contributed by atoms with Gasteiger partial charge in [-0.1, -0.05) is 33.6 Å². The van der Waals surface area contributed by atoms with Gasteiger partial charge in [0.15, 0.2) is 0 Å². The van der Waals surface area contributed by atoms with Crippen LogP contribution >= 0.6 is 0 Å². The normalized spacial score (nSPS) is 19.1. The van der Waals surface area contributed by atoms with E-state index in [1.165, 1.54) is 12.8 Å². The summed E-state index contributed by atoms with van der Waals surface area (Å²) in [6, 6.07) is 0.456. The zero-order valence-corrected chi connectivity index (χ0v) is 10.9. The van der Waals surface area contributed by atoms with Gasteiger partial charge >= 0.3 is 0 Å². The van der Waals surface area contributed by atoms with E-state index in [1.54, 1.807) is 0 Å². The second-order valence-corrected chi connectivity index (χ2v) is 5.29. The maximum atomic E-state index is 12.3. The molecule has 0 aromatic rings. The average molecular weight is 226 g/mol. The molecule has 0 spiro atoms. The van der Waals surface area contributed by atoms with Crippen LogP contribution in [0, 0.1) is 11.8 Å². The maximum absolute atomic E-state index is 12.3. The Hall–Kier alpha value is -0.570. The molecule has 0 saturated heterocycles. The fraction of sp³-hybridized carbons (Fsp3) is 0.923. The zero-order valence-electron chi connectivity index (χ0n) is 10.9. The Kier molecular flexibility index (Phi) is 5.26. The molecule has 0 heterocycles. The first-order valence-electron chi connectivity index (χ1n) is 6.58. The Morgan fingerprint density at radius 1 is 1.31 bits per heavy atom. The van der Waals surface area contributed by atoms with Gasteiger partial charge in [-0.3, -0.25) is 4.79 Å². The minimum atomic E-state index is 0.118. The Balaban J connectivity index is 2.64. The first kappa shape index (κ1) is 13.5. The zero-order chi connectivity index (χ0) is 12.1. The summed E-state index contributed by atoms with van der Waals surface area (Å²) in [5.41, 5.74) is 5.62.